The summed E-state index contributed by atoms with van der Waals surface area (Å²) < 4.78 is 5.34. The fourth-order valence-electron chi connectivity index (χ4n) is 2.60. The molecule has 8 heteroatoms. The van der Waals surface area contributed by atoms with Gasteiger partial charge in [-0.05, 0) is 31.5 Å². The van der Waals surface area contributed by atoms with Crippen molar-refractivity contribution in [2.45, 2.75) is 32.1 Å². The third kappa shape index (κ3) is 5.18. The summed E-state index contributed by atoms with van der Waals surface area (Å²) >= 11 is 0. The number of benzene rings is 1. The highest BCUT2D eigenvalue weighted by molar-refractivity contribution is 6.06. The van der Waals surface area contributed by atoms with Crippen molar-refractivity contribution in [1.82, 2.24) is 5.32 Å². The topological polar surface area (TPSA) is 114 Å². The Hall–Kier alpha value is -2.61. The number of hydrogen-bond acceptors (Lipinski definition) is 5. The van der Waals surface area contributed by atoms with E-state index in [4.69, 9.17) is 10.5 Å². The maximum Gasteiger partial charge on any atom is 0.328 e. The van der Waals surface area contributed by atoms with Crippen molar-refractivity contribution in [3.8, 4) is 5.75 Å². The van der Waals surface area contributed by atoms with E-state index in [1.54, 1.807) is 18.2 Å². The van der Waals surface area contributed by atoms with Gasteiger partial charge in [-0.2, -0.15) is 0 Å². The van der Waals surface area contributed by atoms with E-state index < -0.39 is 6.03 Å². The number of nitrogens with one attached hydrogen (secondary N) is 2. The van der Waals surface area contributed by atoms with Crippen LogP contribution in [-0.2, 0) is 9.59 Å². The Morgan fingerprint density at radius 3 is 2.80 bits per heavy atom. The smallest absolute Gasteiger partial charge is 0.328 e. The van der Waals surface area contributed by atoms with E-state index in [1.165, 1.54) is 12.0 Å². The zero-order valence-electron chi connectivity index (χ0n) is 14.3. The average molecular weight is 348 g/mol. The highest BCUT2D eigenvalue weighted by Crippen LogP contribution is 2.32. The van der Waals surface area contributed by atoms with Gasteiger partial charge in [0.1, 0.15) is 5.75 Å². The van der Waals surface area contributed by atoms with Crippen LogP contribution in [0.2, 0.25) is 0 Å². The highest BCUT2D eigenvalue weighted by atomic mass is 16.5. The highest BCUT2D eigenvalue weighted by Gasteiger charge is 2.26. The summed E-state index contributed by atoms with van der Waals surface area (Å²) in [6.45, 7) is 0.920. The molecule has 1 aromatic rings. The van der Waals surface area contributed by atoms with Crippen LogP contribution in [-0.4, -0.2) is 38.0 Å². The number of rotatable bonds is 8. The van der Waals surface area contributed by atoms with Crippen molar-refractivity contribution in [3.63, 3.8) is 0 Å². The zero-order valence-corrected chi connectivity index (χ0v) is 14.3. The largest absolute Gasteiger partial charge is 0.494 e. The van der Waals surface area contributed by atoms with Crippen LogP contribution in [0.1, 0.15) is 32.1 Å². The van der Waals surface area contributed by atoms with E-state index >= 15 is 0 Å². The molecule has 1 heterocycles. The van der Waals surface area contributed by atoms with Gasteiger partial charge in [0.25, 0.3) is 0 Å². The third-order valence-corrected chi connectivity index (χ3v) is 3.92. The molecule has 0 aliphatic carbocycles. The summed E-state index contributed by atoms with van der Waals surface area (Å²) in [5, 5.41) is 5.09. The first-order valence-electron chi connectivity index (χ1n) is 8.34. The minimum absolute atomic E-state index is 0.0758. The Balaban J connectivity index is 2.02. The standard InChI is InChI=1S/C17H24N4O4/c1-25-14-11-12(19-15(22)5-3-2-4-9-18)6-7-13(14)21-10-8-16(23)20-17(21)24/h6-7,11H,2-5,8-10,18H2,1H3,(H,19,22)(H,20,23,24). The summed E-state index contributed by atoms with van der Waals surface area (Å²) in [5.41, 5.74) is 6.57. The molecule has 0 spiro atoms. The predicted octanol–water partition coefficient (Wildman–Crippen LogP) is 1.60. The Morgan fingerprint density at radius 2 is 2.12 bits per heavy atom. The number of urea groups is 1. The van der Waals surface area contributed by atoms with E-state index in [0.717, 1.165) is 19.3 Å². The first kappa shape index (κ1) is 18.7. The molecule has 8 nitrogen and oxygen atoms in total. The lowest BCUT2D eigenvalue weighted by molar-refractivity contribution is -0.120. The van der Waals surface area contributed by atoms with Gasteiger partial charge in [0, 0.05) is 31.1 Å². The number of hydrogen-bond donors (Lipinski definition) is 3. The molecule has 0 bridgehead atoms. The maximum atomic E-state index is 12.0. The molecule has 1 aliphatic heterocycles. The number of carbonyl (C=O) groups excluding carboxylic acids is 3. The molecule has 0 atom stereocenters. The molecule has 4 amide bonds. The van der Waals surface area contributed by atoms with Crippen molar-refractivity contribution in [3.05, 3.63) is 18.2 Å². The van der Waals surface area contributed by atoms with Crippen LogP contribution in [0, 0.1) is 0 Å². The van der Waals surface area contributed by atoms with Crippen LogP contribution in [0.15, 0.2) is 18.2 Å². The number of imide groups is 1. The van der Waals surface area contributed by atoms with Crippen molar-refractivity contribution in [1.29, 1.82) is 0 Å². The molecule has 1 fully saturated rings. The lowest BCUT2D eigenvalue weighted by Crippen LogP contribution is -2.49. The van der Waals surface area contributed by atoms with Crippen LogP contribution < -0.4 is 26.0 Å². The van der Waals surface area contributed by atoms with Crippen LogP contribution in [0.4, 0.5) is 16.2 Å². The molecule has 1 aliphatic rings. The molecule has 1 aromatic carbocycles. The molecule has 25 heavy (non-hydrogen) atoms. The summed E-state index contributed by atoms with van der Waals surface area (Å²) in [7, 11) is 1.49. The van der Waals surface area contributed by atoms with Gasteiger partial charge < -0.3 is 15.8 Å². The molecule has 1 saturated heterocycles. The second kappa shape index (κ2) is 9.03. The molecular formula is C17H24N4O4. The normalized spacial score (nSPS) is 14.2. The van der Waals surface area contributed by atoms with Crippen LogP contribution in [0.3, 0.4) is 0 Å². The Kier molecular flexibility index (Phi) is 6.76. The second-order valence-corrected chi connectivity index (χ2v) is 5.79. The Bertz CT molecular complexity index is 648. The van der Waals surface area contributed by atoms with Crippen molar-refractivity contribution >= 4 is 29.2 Å². The molecule has 0 saturated carbocycles. The number of ether oxygens (including phenoxy) is 1. The van der Waals surface area contributed by atoms with E-state index in [9.17, 15) is 14.4 Å². The predicted molar refractivity (Wildman–Crippen MR) is 94.6 cm³/mol. The van der Waals surface area contributed by atoms with E-state index in [2.05, 4.69) is 10.6 Å². The van der Waals surface area contributed by atoms with Gasteiger partial charge in [-0.15, -0.1) is 0 Å². The fourth-order valence-corrected chi connectivity index (χ4v) is 2.60. The number of carbonyl (C=O) groups is 3. The maximum absolute atomic E-state index is 12.0. The van der Waals surface area contributed by atoms with Gasteiger partial charge in [0.15, 0.2) is 0 Å². The summed E-state index contributed by atoms with van der Waals surface area (Å²) in [6.07, 6.45) is 3.29. The summed E-state index contributed by atoms with van der Waals surface area (Å²) in [4.78, 5) is 36.6. The average Bonchev–Trinajstić information content (AvgIpc) is 2.59. The van der Waals surface area contributed by atoms with Crippen molar-refractivity contribution in [2.75, 3.05) is 30.4 Å². The van der Waals surface area contributed by atoms with Gasteiger partial charge in [-0.1, -0.05) is 6.42 Å². The SMILES string of the molecule is COc1cc(NC(=O)CCCCCN)ccc1N1CCC(=O)NC1=O. The quantitative estimate of drug-likeness (QED) is 0.618. The van der Waals surface area contributed by atoms with E-state index in [1.807, 2.05) is 0 Å². The number of unbranched alkanes of at least 4 members (excludes halogenated alkanes) is 2. The van der Waals surface area contributed by atoms with Crippen LogP contribution in [0.5, 0.6) is 5.75 Å². The summed E-state index contributed by atoms with van der Waals surface area (Å²) in [6, 6.07) is 4.58. The zero-order chi connectivity index (χ0) is 18.2. The van der Waals surface area contributed by atoms with Gasteiger partial charge in [-0.25, -0.2) is 4.79 Å². The van der Waals surface area contributed by atoms with Gasteiger partial charge in [0.2, 0.25) is 11.8 Å². The second-order valence-electron chi connectivity index (χ2n) is 5.79. The molecule has 4 N–H and O–H groups in total. The number of nitrogens with zero attached hydrogens (tertiary/aromatic N) is 1. The van der Waals surface area contributed by atoms with Crippen LogP contribution in [0.25, 0.3) is 0 Å². The Labute approximate surface area is 146 Å². The third-order valence-electron chi connectivity index (χ3n) is 3.92. The fraction of sp³-hybridized carbons (Fsp3) is 0.471. The van der Waals surface area contributed by atoms with E-state index in [0.29, 0.717) is 30.1 Å². The number of nitrogens with two attached hydrogens (primary N) is 1. The lowest BCUT2D eigenvalue weighted by Gasteiger charge is -2.28. The molecule has 0 radical (unpaired) electrons. The van der Waals surface area contributed by atoms with Gasteiger partial charge >= 0.3 is 6.03 Å². The molecule has 2 rings (SSSR count). The number of methoxy groups -OCH3 is 1. The van der Waals surface area contributed by atoms with Crippen LogP contribution >= 0.6 is 0 Å². The van der Waals surface area contributed by atoms with Crippen molar-refractivity contribution < 1.29 is 19.1 Å². The first-order chi connectivity index (χ1) is 12.0. The van der Waals surface area contributed by atoms with Crippen molar-refractivity contribution in [2.24, 2.45) is 5.73 Å². The molecule has 0 unspecified atom stereocenters. The van der Waals surface area contributed by atoms with Gasteiger partial charge in [0.05, 0.1) is 12.8 Å². The molecular weight excluding hydrogens is 324 g/mol. The summed E-state index contributed by atoms with van der Waals surface area (Å²) in [5.74, 6) is 0.0808. The number of anilines is 2. The lowest BCUT2D eigenvalue weighted by atomic mass is 10.1. The minimum atomic E-state index is -0.480. The Morgan fingerprint density at radius 1 is 1.32 bits per heavy atom. The van der Waals surface area contributed by atoms with E-state index in [-0.39, 0.29) is 24.8 Å². The van der Waals surface area contributed by atoms with Gasteiger partial charge in [-0.3, -0.25) is 19.8 Å². The minimum Gasteiger partial charge on any atom is -0.494 e. The molecule has 0 aromatic heterocycles. The monoisotopic (exact) mass is 348 g/mol. The number of amides is 4. The first-order valence-corrected chi connectivity index (χ1v) is 8.34. The molecule has 136 valence electrons.